The zero-order chi connectivity index (χ0) is 13.8. The van der Waals surface area contributed by atoms with Crippen LogP contribution in [0.3, 0.4) is 0 Å². The van der Waals surface area contributed by atoms with Crippen LogP contribution in [0.25, 0.3) is 0 Å². The zero-order valence-electron chi connectivity index (χ0n) is 11.2. The number of likely N-dealkylation sites (tertiary alicyclic amines) is 1. The van der Waals surface area contributed by atoms with Gasteiger partial charge in [-0.25, -0.2) is 9.59 Å². The van der Waals surface area contributed by atoms with Gasteiger partial charge in [0, 0.05) is 20.2 Å². The molecular formula is C12H22N2O4. The van der Waals surface area contributed by atoms with Gasteiger partial charge in [0.25, 0.3) is 0 Å². The van der Waals surface area contributed by atoms with Gasteiger partial charge < -0.3 is 20.1 Å². The van der Waals surface area contributed by atoms with Gasteiger partial charge in [0.1, 0.15) is 5.54 Å². The summed E-state index contributed by atoms with van der Waals surface area (Å²) in [6.45, 7) is 4.56. The van der Waals surface area contributed by atoms with Crippen LogP contribution in [0.4, 0.5) is 4.79 Å². The van der Waals surface area contributed by atoms with E-state index in [9.17, 15) is 14.7 Å². The summed E-state index contributed by atoms with van der Waals surface area (Å²) in [5, 5.41) is 11.8. The second kappa shape index (κ2) is 6.04. The van der Waals surface area contributed by atoms with Crippen LogP contribution in [0.2, 0.25) is 0 Å². The van der Waals surface area contributed by atoms with Gasteiger partial charge in [0.2, 0.25) is 0 Å². The lowest BCUT2D eigenvalue weighted by Gasteiger charge is -2.28. The van der Waals surface area contributed by atoms with Crippen molar-refractivity contribution in [3.05, 3.63) is 0 Å². The fourth-order valence-electron chi connectivity index (χ4n) is 2.14. The number of amides is 2. The number of methoxy groups -OCH3 is 1. The van der Waals surface area contributed by atoms with Crippen molar-refractivity contribution in [3.63, 3.8) is 0 Å². The maximum Gasteiger partial charge on any atom is 0.329 e. The first-order valence-electron chi connectivity index (χ1n) is 6.26. The molecule has 1 saturated heterocycles. The van der Waals surface area contributed by atoms with Crippen LogP contribution in [-0.2, 0) is 9.53 Å². The van der Waals surface area contributed by atoms with Crippen LogP contribution in [0.15, 0.2) is 0 Å². The van der Waals surface area contributed by atoms with E-state index in [1.165, 1.54) is 0 Å². The number of nitrogens with one attached hydrogen (secondary N) is 1. The summed E-state index contributed by atoms with van der Waals surface area (Å²) in [7, 11) is 1.62. The summed E-state index contributed by atoms with van der Waals surface area (Å²) in [5.41, 5.74) is -1.20. The number of carboxylic acids is 1. The minimum absolute atomic E-state index is 0.0537. The van der Waals surface area contributed by atoms with Crippen molar-refractivity contribution in [2.24, 2.45) is 0 Å². The third-order valence-corrected chi connectivity index (χ3v) is 3.37. The minimum atomic E-state index is -1.20. The Morgan fingerprint density at radius 3 is 2.67 bits per heavy atom. The van der Waals surface area contributed by atoms with Crippen LogP contribution >= 0.6 is 0 Å². The Kier molecular flexibility index (Phi) is 4.95. The quantitative estimate of drug-likeness (QED) is 0.773. The summed E-state index contributed by atoms with van der Waals surface area (Å²) < 4.78 is 5.18. The van der Waals surface area contributed by atoms with Gasteiger partial charge >= 0.3 is 12.0 Å². The van der Waals surface area contributed by atoms with Gasteiger partial charge in [-0.15, -0.1) is 0 Å². The van der Waals surface area contributed by atoms with E-state index in [2.05, 4.69) is 5.32 Å². The van der Waals surface area contributed by atoms with Crippen molar-refractivity contribution in [2.45, 2.75) is 44.8 Å². The molecule has 6 heteroatoms. The average molecular weight is 258 g/mol. The molecule has 1 fully saturated rings. The number of carbonyl (C=O) groups excluding carboxylic acids is 1. The lowest BCUT2D eigenvalue weighted by Crippen LogP contribution is -2.55. The number of nitrogens with zero attached hydrogens (tertiary/aromatic N) is 1. The van der Waals surface area contributed by atoms with Gasteiger partial charge in [-0.05, 0) is 19.8 Å². The van der Waals surface area contributed by atoms with Crippen LogP contribution in [0.1, 0.15) is 33.1 Å². The fraction of sp³-hybridized carbons (Fsp3) is 0.833. The summed E-state index contributed by atoms with van der Waals surface area (Å²) in [4.78, 5) is 24.8. The zero-order valence-corrected chi connectivity index (χ0v) is 11.2. The van der Waals surface area contributed by atoms with Gasteiger partial charge in [-0.1, -0.05) is 13.3 Å². The molecule has 6 nitrogen and oxygen atoms in total. The normalized spacial score (nSPS) is 22.6. The smallest absolute Gasteiger partial charge is 0.329 e. The number of rotatable bonds is 5. The maximum atomic E-state index is 12.0. The molecule has 2 atom stereocenters. The fourth-order valence-corrected chi connectivity index (χ4v) is 2.14. The van der Waals surface area contributed by atoms with E-state index in [0.717, 1.165) is 6.42 Å². The first kappa shape index (κ1) is 14.8. The molecule has 2 unspecified atom stereocenters. The Labute approximate surface area is 107 Å². The molecule has 0 aromatic heterocycles. The van der Waals surface area contributed by atoms with Crippen LogP contribution < -0.4 is 5.32 Å². The standard InChI is InChI=1S/C12H22N2O4/c1-4-6-12(2,10(15)16)13-11(17)14-7-5-9(8-14)18-3/h9H,4-8H2,1-3H3,(H,13,17)(H,15,16). The average Bonchev–Trinajstić information content (AvgIpc) is 2.77. The SMILES string of the molecule is CCCC(C)(NC(=O)N1CCC(OC)C1)C(=O)O. The molecule has 1 heterocycles. The Balaban J connectivity index is 2.60. The summed E-state index contributed by atoms with van der Waals surface area (Å²) in [6, 6.07) is -0.326. The van der Waals surface area contributed by atoms with E-state index in [4.69, 9.17) is 4.74 Å². The first-order valence-corrected chi connectivity index (χ1v) is 6.26. The molecule has 0 spiro atoms. The first-order chi connectivity index (χ1) is 8.42. The van der Waals surface area contributed by atoms with Crippen molar-refractivity contribution in [1.82, 2.24) is 10.2 Å². The second-order valence-electron chi connectivity index (χ2n) is 4.91. The Bertz CT molecular complexity index is 321. The predicted octanol–water partition coefficient (Wildman–Crippen LogP) is 1.06. The molecule has 0 aromatic rings. The molecule has 18 heavy (non-hydrogen) atoms. The molecular weight excluding hydrogens is 236 g/mol. The van der Waals surface area contributed by atoms with E-state index in [-0.39, 0.29) is 12.1 Å². The molecule has 2 N–H and O–H groups in total. The Hall–Kier alpha value is -1.30. The largest absolute Gasteiger partial charge is 0.480 e. The Morgan fingerprint density at radius 2 is 2.22 bits per heavy atom. The van der Waals surface area contributed by atoms with Crippen molar-refractivity contribution < 1.29 is 19.4 Å². The molecule has 0 saturated carbocycles. The van der Waals surface area contributed by atoms with E-state index in [1.54, 1.807) is 18.9 Å². The topological polar surface area (TPSA) is 78.9 Å². The van der Waals surface area contributed by atoms with Crippen LogP contribution in [-0.4, -0.2) is 53.8 Å². The number of carbonyl (C=O) groups is 2. The van der Waals surface area contributed by atoms with E-state index >= 15 is 0 Å². The molecule has 104 valence electrons. The van der Waals surface area contributed by atoms with Gasteiger partial charge in [-0.3, -0.25) is 0 Å². The highest BCUT2D eigenvalue weighted by Crippen LogP contribution is 2.16. The molecule has 2 amide bonds. The highest BCUT2D eigenvalue weighted by Gasteiger charge is 2.36. The van der Waals surface area contributed by atoms with Gasteiger partial charge in [0.05, 0.1) is 6.10 Å². The highest BCUT2D eigenvalue weighted by atomic mass is 16.5. The molecule has 1 rings (SSSR count). The molecule has 0 aromatic carbocycles. The van der Waals surface area contributed by atoms with Crippen molar-refractivity contribution in [3.8, 4) is 0 Å². The third-order valence-electron chi connectivity index (χ3n) is 3.37. The molecule has 1 aliphatic heterocycles. The van der Waals surface area contributed by atoms with Crippen LogP contribution in [0, 0.1) is 0 Å². The third kappa shape index (κ3) is 3.35. The monoisotopic (exact) mass is 258 g/mol. The number of carboxylic acid groups (broad SMARTS) is 1. The number of urea groups is 1. The molecule has 1 aliphatic rings. The Morgan fingerprint density at radius 1 is 1.56 bits per heavy atom. The van der Waals surface area contributed by atoms with Gasteiger partial charge in [-0.2, -0.15) is 0 Å². The number of aliphatic carboxylic acids is 1. The number of ether oxygens (including phenoxy) is 1. The number of hydrogen-bond acceptors (Lipinski definition) is 3. The van der Waals surface area contributed by atoms with E-state index in [0.29, 0.717) is 25.9 Å². The van der Waals surface area contributed by atoms with Crippen molar-refractivity contribution in [1.29, 1.82) is 0 Å². The minimum Gasteiger partial charge on any atom is -0.480 e. The van der Waals surface area contributed by atoms with E-state index < -0.39 is 11.5 Å². The summed E-state index contributed by atoms with van der Waals surface area (Å²) in [6.07, 6.45) is 1.96. The maximum absolute atomic E-state index is 12.0. The lowest BCUT2D eigenvalue weighted by atomic mass is 9.96. The second-order valence-corrected chi connectivity index (χ2v) is 4.91. The highest BCUT2D eigenvalue weighted by molar-refractivity contribution is 5.86. The van der Waals surface area contributed by atoms with Gasteiger partial charge in [0.15, 0.2) is 0 Å². The molecule has 0 aliphatic carbocycles. The lowest BCUT2D eigenvalue weighted by molar-refractivity contribution is -0.144. The van der Waals surface area contributed by atoms with Crippen LogP contribution in [0.5, 0.6) is 0 Å². The van der Waals surface area contributed by atoms with E-state index in [1.807, 2.05) is 6.92 Å². The molecule has 0 radical (unpaired) electrons. The summed E-state index contributed by atoms with van der Waals surface area (Å²) >= 11 is 0. The van der Waals surface area contributed by atoms with Crippen molar-refractivity contribution >= 4 is 12.0 Å². The van der Waals surface area contributed by atoms with Crippen molar-refractivity contribution in [2.75, 3.05) is 20.2 Å². The summed E-state index contributed by atoms with van der Waals surface area (Å²) in [5.74, 6) is -1.000. The molecule has 0 bridgehead atoms. The number of hydrogen-bond donors (Lipinski definition) is 2. The predicted molar refractivity (Wildman–Crippen MR) is 66.5 cm³/mol.